The quantitative estimate of drug-likeness (QED) is 0.629. The summed E-state index contributed by atoms with van der Waals surface area (Å²) >= 11 is 0. The van der Waals surface area contributed by atoms with E-state index in [1.165, 1.54) is 19.3 Å². The van der Waals surface area contributed by atoms with Gasteiger partial charge in [-0.3, -0.25) is 0 Å². The van der Waals surface area contributed by atoms with Crippen LogP contribution in [0.1, 0.15) is 26.2 Å². The second kappa shape index (κ2) is 3.58. The third kappa shape index (κ3) is 1.87. The van der Waals surface area contributed by atoms with E-state index >= 15 is 0 Å². The molecule has 12 heavy (non-hydrogen) atoms. The second-order valence-electron chi connectivity index (χ2n) is 3.91. The molecule has 1 unspecified atom stereocenters. The Morgan fingerprint density at radius 1 is 1.50 bits per heavy atom. The minimum absolute atomic E-state index is 0.618. The maximum absolute atomic E-state index is 5.12. The van der Waals surface area contributed by atoms with Crippen LogP contribution < -0.4 is 5.32 Å². The molecule has 0 radical (unpaired) electrons. The minimum atomic E-state index is 0.618. The largest absolute Gasteiger partial charge is 0.378 e. The Morgan fingerprint density at radius 2 is 2.33 bits per heavy atom. The molecule has 0 aromatic heterocycles. The Hall–Kier alpha value is -0.340. The van der Waals surface area contributed by atoms with Gasteiger partial charge in [0.05, 0.1) is 19.3 Å². The van der Waals surface area contributed by atoms with Crippen LogP contribution in [0, 0.1) is 0 Å². The van der Waals surface area contributed by atoms with Crippen molar-refractivity contribution in [2.45, 2.75) is 38.3 Å². The molecule has 0 saturated carbocycles. The topological polar surface area (TPSA) is 21.3 Å². The molecule has 1 N–H and O–H groups in total. The van der Waals surface area contributed by atoms with E-state index in [9.17, 15) is 0 Å². The van der Waals surface area contributed by atoms with E-state index < -0.39 is 0 Å². The Morgan fingerprint density at radius 3 is 2.92 bits per heavy atom. The van der Waals surface area contributed by atoms with Gasteiger partial charge < -0.3 is 10.1 Å². The molecule has 1 aliphatic heterocycles. The van der Waals surface area contributed by atoms with Crippen molar-refractivity contribution >= 4 is 0 Å². The molecule has 0 bridgehead atoms. The number of nitrogens with one attached hydrogen (secondary N) is 1. The summed E-state index contributed by atoms with van der Waals surface area (Å²) in [5.41, 5.74) is 1.54. The van der Waals surface area contributed by atoms with Crippen LogP contribution in [0.15, 0.2) is 11.6 Å². The minimum Gasteiger partial charge on any atom is -0.378 e. The lowest BCUT2D eigenvalue weighted by Gasteiger charge is -2.32. The second-order valence-corrected chi connectivity index (χ2v) is 3.91. The predicted octanol–water partition coefficient (Wildman–Crippen LogP) is 1.47. The summed E-state index contributed by atoms with van der Waals surface area (Å²) in [5, 5.41) is 3.58. The molecule has 1 aliphatic carbocycles. The summed E-state index contributed by atoms with van der Waals surface area (Å²) in [6, 6.07) is 1.24. The maximum atomic E-state index is 5.12. The van der Waals surface area contributed by atoms with Crippen LogP contribution in [-0.2, 0) is 4.74 Å². The summed E-state index contributed by atoms with van der Waals surface area (Å²) in [6.07, 6.45) is 6.31. The van der Waals surface area contributed by atoms with E-state index in [2.05, 4.69) is 18.3 Å². The lowest BCUT2D eigenvalue weighted by atomic mass is 9.96. The number of rotatable bonds is 2. The van der Waals surface area contributed by atoms with E-state index in [-0.39, 0.29) is 0 Å². The normalized spacial score (nSPS) is 31.1. The molecular weight excluding hydrogens is 150 g/mol. The highest BCUT2D eigenvalue weighted by Gasteiger charge is 2.21. The Bertz CT molecular complexity index is 184. The van der Waals surface area contributed by atoms with Gasteiger partial charge in [0.2, 0.25) is 0 Å². The van der Waals surface area contributed by atoms with Crippen LogP contribution in [-0.4, -0.2) is 25.3 Å². The summed E-state index contributed by atoms with van der Waals surface area (Å²) in [5.74, 6) is 0. The summed E-state index contributed by atoms with van der Waals surface area (Å²) in [6.45, 7) is 4.04. The molecule has 1 saturated heterocycles. The van der Waals surface area contributed by atoms with Gasteiger partial charge in [-0.2, -0.15) is 0 Å². The van der Waals surface area contributed by atoms with Gasteiger partial charge in [-0.05, 0) is 26.2 Å². The molecule has 1 heterocycles. The molecule has 2 rings (SSSR count). The van der Waals surface area contributed by atoms with Crippen LogP contribution in [0.4, 0.5) is 0 Å². The maximum Gasteiger partial charge on any atom is 0.0643 e. The van der Waals surface area contributed by atoms with Gasteiger partial charge in [-0.1, -0.05) is 11.6 Å². The first-order chi connectivity index (χ1) is 5.84. The van der Waals surface area contributed by atoms with Gasteiger partial charge in [0.1, 0.15) is 0 Å². The fraction of sp³-hybridized carbons (Fsp3) is 0.800. The van der Waals surface area contributed by atoms with E-state index in [0.29, 0.717) is 12.1 Å². The summed E-state index contributed by atoms with van der Waals surface area (Å²) in [4.78, 5) is 0. The standard InChI is InChI=1S/C10H17NO/c1-8-3-2-4-9(5-8)11-10-6-12-7-10/h5,9-11H,2-4,6-7H2,1H3. The average Bonchev–Trinajstić information content (AvgIpc) is 1.97. The van der Waals surface area contributed by atoms with Crippen LogP contribution in [0.2, 0.25) is 0 Å². The molecule has 0 spiro atoms. The van der Waals surface area contributed by atoms with E-state index in [1.54, 1.807) is 5.57 Å². The van der Waals surface area contributed by atoms with E-state index in [1.807, 2.05) is 0 Å². The van der Waals surface area contributed by atoms with Gasteiger partial charge >= 0.3 is 0 Å². The third-order valence-electron chi connectivity index (χ3n) is 2.66. The number of ether oxygens (including phenoxy) is 1. The Balaban J connectivity index is 1.82. The average molecular weight is 167 g/mol. The molecular formula is C10H17NO. The van der Waals surface area contributed by atoms with Crippen LogP contribution >= 0.6 is 0 Å². The van der Waals surface area contributed by atoms with Crippen molar-refractivity contribution < 1.29 is 4.74 Å². The SMILES string of the molecule is CC1=CC(NC2COC2)CCC1. The smallest absolute Gasteiger partial charge is 0.0643 e. The first-order valence-corrected chi connectivity index (χ1v) is 4.86. The highest BCUT2D eigenvalue weighted by Crippen LogP contribution is 2.18. The van der Waals surface area contributed by atoms with Crippen molar-refractivity contribution in [3.05, 3.63) is 11.6 Å². The zero-order valence-corrected chi connectivity index (χ0v) is 7.68. The van der Waals surface area contributed by atoms with Gasteiger partial charge in [-0.25, -0.2) is 0 Å². The van der Waals surface area contributed by atoms with Crippen molar-refractivity contribution in [3.63, 3.8) is 0 Å². The lowest BCUT2D eigenvalue weighted by molar-refractivity contribution is -0.00843. The summed E-state index contributed by atoms with van der Waals surface area (Å²) in [7, 11) is 0. The molecule has 2 nitrogen and oxygen atoms in total. The molecule has 1 atom stereocenters. The highest BCUT2D eigenvalue weighted by molar-refractivity contribution is 5.08. The number of hydrogen-bond donors (Lipinski definition) is 1. The van der Waals surface area contributed by atoms with Crippen molar-refractivity contribution in [1.29, 1.82) is 0 Å². The Kier molecular flexibility index (Phi) is 2.47. The number of hydrogen-bond acceptors (Lipinski definition) is 2. The van der Waals surface area contributed by atoms with Crippen molar-refractivity contribution in [3.8, 4) is 0 Å². The van der Waals surface area contributed by atoms with E-state index in [4.69, 9.17) is 4.74 Å². The third-order valence-corrected chi connectivity index (χ3v) is 2.66. The van der Waals surface area contributed by atoms with Gasteiger partial charge in [0, 0.05) is 6.04 Å². The Labute approximate surface area is 74.0 Å². The summed E-state index contributed by atoms with van der Waals surface area (Å²) < 4.78 is 5.12. The molecule has 1 fully saturated rings. The highest BCUT2D eigenvalue weighted by atomic mass is 16.5. The molecule has 2 aliphatic rings. The molecule has 0 aromatic rings. The van der Waals surface area contributed by atoms with Crippen LogP contribution in [0.5, 0.6) is 0 Å². The monoisotopic (exact) mass is 167 g/mol. The van der Waals surface area contributed by atoms with Gasteiger partial charge in [-0.15, -0.1) is 0 Å². The van der Waals surface area contributed by atoms with Crippen molar-refractivity contribution in [2.24, 2.45) is 0 Å². The van der Waals surface area contributed by atoms with Gasteiger partial charge in [0.25, 0.3) is 0 Å². The van der Waals surface area contributed by atoms with Crippen LogP contribution in [0.3, 0.4) is 0 Å². The van der Waals surface area contributed by atoms with Crippen molar-refractivity contribution in [2.75, 3.05) is 13.2 Å². The first-order valence-electron chi connectivity index (χ1n) is 4.86. The molecule has 0 aromatic carbocycles. The predicted molar refractivity (Wildman–Crippen MR) is 49.1 cm³/mol. The first kappa shape index (κ1) is 8.27. The van der Waals surface area contributed by atoms with Crippen LogP contribution in [0.25, 0.3) is 0 Å². The zero-order chi connectivity index (χ0) is 8.39. The number of allylic oxidation sites excluding steroid dienone is 1. The molecule has 0 amide bonds. The zero-order valence-electron chi connectivity index (χ0n) is 7.68. The fourth-order valence-corrected chi connectivity index (χ4v) is 1.88. The van der Waals surface area contributed by atoms with E-state index in [0.717, 1.165) is 13.2 Å². The lowest BCUT2D eigenvalue weighted by Crippen LogP contribution is -2.50. The molecule has 2 heteroatoms. The molecule has 68 valence electrons. The fourth-order valence-electron chi connectivity index (χ4n) is 1.88. The van der Waals surface area contributed by atoms with Gasteiger partial charge in [0.15, 0.2) is 0 Å². The van der Waals surface area contributed by atoms with Crippen molar-refractivity contribution in [1.82, 2.24) is 5.32 Å².